The van der Waals surface area contributed by atoms with Crippen molar-refractivity contribution < 1.29 is 9.53 Å². The molecule has 0 unspecified atom stereocenters. The van der Waals surface area contributed by atoms with E-state index in [0.717, 1.165) is 16.7 Å². The number of carbonyl (C=O) groups is 1. The molecule has 1 amide bonds. The predicted octanol–water partition coefficient (Wildman–Crippen LogP) is 2.82. The molecule has 0 radical (unpaired) electrons. The molecule has 0 spiro atoms. The standard InChI is InChI=1S/C15H13N3O2/c1-20-12-4-5-13-10(7-12)8-14(18-13)15(19)17-11-3-2-6-16-9-11/h2-9,18H,1H3,(H,17,19). The average Bonchev–Trinajstić information content (AvgIpc) is 2.91. The third-order valence-corrected chi connectivity index (χ3v) is 2.99. The Labute approximate surface area is 115 Å². The Balaban J connectivity index is 1.88. The number of H-pyrrole nitrogens is 1. The van der Waals surface area contributed by atoms with Crippen LogP contribution in [0.1, 0.15) is 10.5 Å². The highest BCUT2D eigenvalue weighted by Crippen LogP contribution is 2.21. The van der Waals surface area contributed by atoms with Gasteiger partial charge in [0.05, 0.1) is 19.0 Å². The van der Waals surface area contributed by atoms with Crippen molar-refractivity contribution in [3.8, 4) is 5.75 Å². The van der Waals surface area contributed by atoms with Gasteiger partial charge in [0, 0.05) is 17.1 Å². The van der Waals surface area contributed by atoms with E-state index in [1.54, 1.807) is 37.7 Å². The number of rotatable bonds is 3. The van der Waals surface area contributed by atoms with Gasteiger partial charge in [-0.2, -0.15) is 0 Å². The summed E-state index contributed by atoms with van der Waals surface area (Å²) in [6.07, 6.45) is 3.26. The van der Waals surface area contributed by atoms with Crippen molar-refractivity contribution in [3.05, 3.63) is 54.5 Å². The smallest absolute Gasteiger partial charge is 0.272 e. The zero-order chi connectivity index (χ0) is 13.9. The molecule has 2 aromatic heterocycles. The highest BCUT2D eigenvalue weighted by Gasteiger charge is 2.10. The van der Waals surface area contributed by atoms with E-state index in [2.05, 4.69) is 15.3 Å². The summed E-state index contributed by atoms with van der Waals surface area (Å²) < 4.78 is 5.16. The molecule has 0 saturated carbocycles. The van der Waals surface area contributed by atoms with E-state index in [-0.39, 0.29) is 5.91 Å². The minimum atomic E-state index is -0.201. The Hall–Kier alpha value is -2.82. The maximum absolute atomic E-state index is 12.1. The lowest BCUT2D eigenvalue weighted by molar-refractivity contribution is 0.102. The number of amides is 1. The van der Waals surface area contributed by atoms with Crippen LogP contribution in [-0.4, -0.2) is 23.0 Å². The predicted molar refractivity (Wildman–Crippen MR) is 77.0 cm³/mol. The van der Waals surface area contributed by atoms with Gasteiger partial charge in [0.15, 0.2) is 0 Å². The number of methoxy groups -OCH3 is 1. The normalized spacial score (nSPS) is 10.4. The summed E-state index contributed by atoms with van der Waals surface area (Å²) >= 11 is 0. The van der Waals surface area contributed by atoms with Gasteiger partial charge < -0.3 is 15.0 Å². The Morgan fingerprint density at radius 2 is 2.20 bits per heavy atom. The molecule has 0 atom stereocenters. The summed E-state index contributed by atoms with van der Waals surface area (Å²) in [5.41, 5.74) is 2.05. The molecule has 3 aromatic rings. The summed E-state index contributed by atoms with van der Waals surface area (Å²) in [6, 6.07) is 11.0. The number of fused-ring (bicyclic) bond motifs is 1. The van der Waals surface area contributed by atoms with Crippen molar-refractivity contribution in [1.82, 2.24) is 9.97 Å². The maximum atomic E-state index is 12.1. The number of pyridine rings is 1. The summed E-state index contributed by atoms with van der Waals surface area (Å²) in [7, 11) is 1.61. The average molecular weight is 267 g/mol. The Morgan fingerprint density at radius 1 is 1.30 bits per heavy atom. The molecular weight excluding hydrogens is 254 g/mol. The van der Waals surface area contributed by atoms with Crippen molar-refractivity contribution in [2.75, 3.05) is 12.4 Å². The largest absolute Gasteiger partial charge is 0.497 e. The van der Waals surface area contributed by atoms with Crippen molar-refractivity contribution >= 4 is 22.5 Å². The van der Waals surface area contributed by atoms with Gasteiger partial charge in [-0.3, -0.25) is 9.78 Å². The summed E-state index contributed by atoms with van der Waals surface area (Å²) in [6.45, 7) is 0. The van der Waals surface area contributed by atoms with Crippen molar-refractivity contribution in [3.63, 3.8) is 0 Å². The molecule has 0 saturated heterocycles. The van der Waals surface area contributed by atoms with Crippen LogP contribution >= 0.6 is 0 Å². The summed E-state index contributed by atoms with van der Waals surface area (Å²) in [5, 5.41) is 3.72. The van der Waals surface area contributed by atoms with E-state index < -0.39 is 0 Å². The minimum Gasteiger partial charge on any atom is -0.497 e. The van der Waals surface area contributed by atoms with E-state index in [9.17, 15) is 4.79 Å². The monoisotopic (exact) mass is 267 g/mol. The molecular formula is C15H13N3O2. The fraction of sp³-hybridized carbons (Fsp3) is 0.0667. The Morgan fingerprint density at radius 3 is 2.95 bits per heavy atom. The number of hydrogen-bond acceptors (Lipinski definition) is 3. The highest BCUT2D eigenvalue weighted by atomic mass is 16.5. The van der Waals surface area contributed by atoms with Crippen LogP contribution in [0.25, 0.3) is 10.9 Å². The SMILES string of the molecule is COc1ccc2[nH]c(C(=O)Nc3cccnc3)cc2c1. The molecule has 20 heavy (non-hydrogen) atoms. The lowest BCUT2D eigenvalue weighted by atomic mass is 10.2. The number of aromatic amines is 1. The second-order valence-corrected chi connectivity index (χ2v) is 4.33. The first-order valence-electron chi connectivity index (χ1n) is 6.14. The number of nitrogens with one attached hydrogen (secondary N) is 2. The second kappa shape index (κ2) is 5.05. The third-order valence-electron chi connectivity index (χ3n) is 2.99. The molecule has 0 aliphatic heterocycles. The van der Waals surface area contributed by atoms with E-state index in [1.807, 2.05) is 18.2 Å². The molecule has 0 aliphatic rings. The van der Waals surface area contributed by atoms with Crippen LogP contribution in [0.3, 0.4) is 0 Å². The molecule has 5 nitrogen and oxygen atoms in total. The van der Waals surface area contributed by atoms with Crippen LogP contribution in [0.5, 0.6) is 5.75 Å². The van der Waals surface area contributed by atoms with E-state index in [0.29, 0.717) is 11.4 Å². The fourth-order valence-corrected chi connectivity index (χ4v) is 2.00. The molecule has 2 N–H and O–H groups in total. The molecule has 1 aromatic carbocycles. The zero-order valence-corrected chi connectivity index (χ0v) is 10.9. The molecule has 0 bridgehead atoms. The first-order valence-corrected chi connectivity index (χ1v) is 6.14. The molecule has 0 fully saturated rings. The number of anilines is 1. The van der Waals surface area contributed by atoms with Crippen LogP contribution in [0.2, 0.25) is 0 Å². The summed E-state index contributed by atoms with van der Waals surface area (Å²) in [4.78, 5) is 19.2. The number of carbonyl (C=O) groups excluding carboxylic acids is 1. The first-order chi connectivity index (χ1) is 9.76. The minimum absolute atomic E-state index is 0.201. The van der Waals surface area contributed by atoms with Gasteiger partial charge in [0.1, 0.15) is 11.4 Å². The van der Waals surface area contributed by atoms with Crippen LogP contribution in [-0.2, 0) is 0 Å². The molecule has 5 heteroatoms. The van der Waals surface area contributed by atoms with Gasteiger partial charge >= 0.3 is 0 Å². The van der Waals surface area contributed by atoms with Crippen LogP contribution < -0.4 is 10.1 Å². The van der Waals surface area contributed by atoms with Crippen LogP contribution in [0, 0.1) is 0 Å². The van der Waals surface area contributed by atoms with Gasteiger partial charge in [-0.25, -0.2) is 0 Å². The number of nitrogens with zero attached hydrogens (tertiary/aromatic N) is 1. The number of hydrogen-bond donors (Lipinski definition) is 2. The van der Waals surface area contributed by atoms with Gasteiger partial charge in [0.2, 0.25) is 0 Å². The van der Waals surface area contributed by atoms with Gasteiger partial charge in [-0.15, -0.1) is 0 Å². The van der Waals surface area contributed by atoms with Crippen LogP contribution in [0.4, 0.5) is 5.69 Å². The fourth-order valence-electron chi connectivity index (χ4n) is 2.00. The third kappa shape index (κ3) is 2.33. The Kier molecular flexibility index (Phi) is 3.09. The van der Waals surface area contributed by atoms with Crippen molar-refractivity contribution in [1.29, 1.82) is 0 Å². The number of ether oxygens (including phenoxy) is 1. The molecule has 3 rings (SSSR count). The number of benzene rings is 1. The van der Waals surface area contributed by atoms with E-state index in [4.69, 9.17) is 4.74 Å². The lowest BCUT2D eigenvalue weighted by Crippen LogP contribution is -2.12. The highest BCUT2D eigenvalue weighted by molar-refractivity contribution is 6.05. The first kappa shape index (κ1) is 12.2. The second-order valence-electron chi connectivity index (χ2n) is 4.33. The zero-order valence-electron chi connectivity index (χ0n) is 10.9. The summed E-state index contributed by atoms with van der Waals surface area (Å²) in [5.74, 6) is 0.559. The lowest BCUT2D eigenvalue weighted by Gasteiger charge is -2.01. The molecule has 0 aliphatic carbocycles. The van der Waals surface area contributed by atoms with Crippen molar-refractivity contribution in [2.24, 2.45) is 0 Å². The number of aromatic nitrogens is 2. The Bertz CT molecular complexity index is 750. The van der Waals surface area contributed by atoms with Crippen molar-refractivity contribution in [2.45, 2.75) is 0 Å². The van der Waals surface area contributed by atoms with Gasteiger partial charge in [-0.1, -0.05) is 0 Å². The van der Waals surface area contributed by atoms with E-state index in [1.165, 1.54) is 0 Å². The topological polar surface area (TPSA) is 67.0 Å². The quantitative estimate of drug-likeness (QED) is 0.766. The molecule has 100 valence electrons. The van der Waals surface area contributed by atoms with Crippen LogP contribution in [0.15, 0.2) is 48.8 Å². The van der Waals surface area contributed by atoms with E-state index >= 15 is 0 Å². The van der Waals surface area contributed by atoms with Gasteiger partial charge in [-0.05, 0) is 36.4 Å². The van der Waals surface area contributed by atoms with Gasteiger partial charge in [0.25, 0.3) is 5.91 Å². The molecule has 2 heterocycles. The maximum Gasteiger partial charge on any atom is 0.272 e.